The highest BCUT2D eigenvalue weighted by atomic mass is 32.2. The fourth-order valence-electron chi connectivity index (χ4n) is 2.24. The maximum Gasteiger partial charge on any atom is 0.387 e. The SMILES string of the molecule is CSc1ccc([N+](=O)[O-])c(C(=O)NCCc2ccc(OC(F)F)cc2)c1. The van der Waals surface area contributed by atoms with Crippen molar-refractivity contribution in [2.45, 2.75) is 17.9 Å². The lowest BCUT2D eigenvalue weighted by Gasteiger charge is -2.08. The number of nitrogens with zero attached hydrogens (tertiary/aromatic N) is 1. The number of carbonyl (C=O) groups excluding carboxylic acids is 1. The summed E-state index contributed by atoms with van der Waals surface area (Å²) in [4.78, 5) is 23.5. The van der Waals surface area contributed by atoms with Gasteiger partial charge in [0.1, 0.15) is 11.3 Å². The highest BCUT2D eigenvalue weighted by Crippen LogP contribution is 2.24. The molecule has 0 bridgehead atoms. The molecule has 0 aliphatic carbocycles. The van der Waals surface area contributed by atoms with Crippen LogP contribution in [0, 0.1) is 10.1 Å². The molecule has 138 valence electrons. The third-order valence-electron chi connectivity index (χ3n) is 3.49. The Kier molecular flexibility index (Phi) is 6.90. The van der Waals surface area contributed by atoms with Crippen molar-refractivity contribution in [2.24, 2.45) is 0 Å². The van der Waals surface area contributed by atoms with Crippen molar-refractivity contribution in [1.82, 2.24) is 5.32 Å². The Balaban J connectivity index is 1.97. The average molecular weight is 382 g/mol. The number of nitrogens with one attached hydrogen (secondary N) is 1. The first-order valence-corrected chi connectivity index (χ1v) is 8.77. The number of ether oxygens (including phenoxy) is 1. The number of hydrogen-bond donors (Lipinski definition) is 1. The van der Waals surface area contributed by atoms with Gasteiger partial charge < -0.3 is 10.1 Å². The summed E-state index contributed by atoms with van der Waals surface area (Å²) in [5.41, 5.74) is 0.551. The van der Waals surface area contributed by atoms with Gasteiger partial charge in [-0.25, -0.2) is 0 Å². The minimum atomic E-state index is -2.88. The van der Waals surface area contributed by atoms with Gasteiger partial charge in [0.2, 0.25) is 0 Å². The van der Waals surface area contributed by atoms with Gasteiger partial charge in [-0.2, -0.15) is 8.78 Å². The van der Waals surface area contributed by atoms with E-state index in [0.717, 1.165) is 10.5 Å². The molecule has 6 nitrogen and oxygen atoms in total. The molecule has 0 aliphatic heterocycles. The Morgan fingerprint density at radius 1 is 1.27 bits per heavy atom. The summed E-state index contributed by atoms with van der Waals surface area (Å²) in [6.07, 6.45) is 2.25. The third kappa shape index (κ3) is 5.41. The molecule has 0 saturated carbocycles. The smallest absolute Gasteiger partial charge is 0.387 e. The van der Waals surface area contributed by atoms with Crippen LogP contribution in [-0.4, -0.2) is 30.2 Å². The molecule has 0 spiro atoms. The molecule has 1 amide bonds. The Labute approximate surface area is 152 Å². The molecule has 0 fully saturated rings. The van der Waals surface area contributed by atoms with Crippen LogP contribution in [0.25, 0.3) is 0 Å². The van der Waals surface area contributed by atoms with Crippen molar-refractivity contribution >= 4 is 23.4 Å². The molecular weight excluding hydrogens is 366 g/mol. The van der Waals surface area contributed by atoms with E-state index in [1.165, 1.54) is 36.0 Å². The fourth-order valence-corrected chi connectivity index (χ4v) is 2.68. The number of amides is 1. The van der Waals surface area contributed by atoms with E-state index < -0.39 is 17.4 Å². The van der Waals surface area contributed by atoms with E-state index in [1.54, 1.807) is 18.2 Å². The Morgan fingerprint density at radius 3 is 2.54 bits per heavy atom. The number of carbonyl (C=O) groups is 1. The molecule has 2 rings (SSSR count). The lowest BCUT2D eigenvalue weighted by atomic mass is 10.1. The number of alkyl halides is 2. The van der Waals surface area contributed by atoms with Crippen LogP contribution in [0.4, 0.5) is 14.5 Å². The minimum absolute atomic E-state index is 0.00234. The number of thioether (sulfide) groups is 1. The van der Waals surface area contributed by atoms with Crippen LogP contribution in [0.15, 0.2) is 47.4 Å². The Bertz CT molecular complexity index is 785. The van der Waals surface area contributed by atoms with Crippen molar-refractivity contribution in [3.8, 4) is 5.75 Å². The fraction of sp³-hybridized carbons (Fsp3) is 0.235. The van der Waals surface area contributed by atoms with Gasteiger partial charge in [0.25, 0.3) is 11.6 Å². The van der Waals surface area contributed by atoms with Gasteiger partial charge in [0, 0.05) is 17.5 Å². The van der Waals surface area contributed by atoms with E-state index in [1.807, 2.05) is 6.26 Å². The number of nitro groups is 1. The van der Waals surface area contributed by atoms with E-state index in [4.69, 9.17) is 0 Å². The highest BCUT2D eigenvalue weighted by Gasteiger charge is 2.20. The first-order valence-electron chi connectivity index (χ1n) is 7.55. The van der Waals surface area contributed by atoms with E-state index in [-0.39, 0.29) is 23.5 Å². The maximum absolute atomic E-state index is 12.3. The minimum Gasteiger partial charge on any atom is -0.435 e. The normalized spacial score (nSPS) is 10.6. The molecule has 0 radical (unpaired) electrons. The molecule has 0 heterocycles. The van der Waals surface area contributed by atoms with Crippen LogP contribution < -0.4 is 10.1 Å². The monoisotopic (exact) mass is 382 g/mol. The van der Waals surface area contributed by atoms with Crippen LogP contribution in [0.5, 0.6) is 5.75 Å². The molecular formula is C17H16F2N2O4S. The predicted octanol–water partition coefficient (Wildman–Crippen LogP) is 3.89. The molecule has 0 aliphatic rings. The van der Waals surface area contributed by atoms with Crippen LogP contribution in [0.3, 0.4) is 0 Å². The summed E-state index contributed by atoms with van der Waals surface area (Å²) in [5, 5.41) is 13.7. The molecule has 0 saturated heterocycles. The van der Waals surface area contributed by atoms with Crippen LogP contribution in [0.2, 0.25) is 0 Å². The van der Waals surface area contributed by atoms with Crippen LogP contribution in [-0.2, 0) is 6.42 Å². The second-order valence-corrected chi connectivity index (χ2v) is 6.05. The average Bonchev–Trinajstić information content (AvgIpc) is 2.62. The van der Waals surface area contributed by atoms with Crippen molar-refractivity contribution in [2.75, 3.05) is 12.8 Å². The second kappa shape index (κ2) is 9.14. The summed E-state index contributed by atoms with van der Waals surface area (Å²) in [7, 11) is 0. The van der Waals surface area contributed by atoms with E-state index >= 15 is 0 Å². The quantitative estimate of drug-likeness (QED) is 0.426. The molecule has 2 aromatic rings. The molecule has 26 heavy (non-hydrogen) atoms. The number of benzene rings is 2. The first-order chi connectivity index (χ1) is 12.4. The number of hydrogen-bond acceptors (Lipinski definition) is 5. The zero-order valence-electron chi connectivity index (χ0n) is 13.8. The number of nitro benzene ring substituents is 1. The third-order valence-corrected chi connectivity index (χ3v) is 4.22. The van der Waals surface area contributed by atoms with Gasteiger partial charge in [-0.3, -0.25) is 14.9 Å². The predicted molar refractivity (Wildman–Crippen MR) is 94.0 cm³/mol. The lowest BCUT2D eigenvalue weighted by Crippen LogP contribution is -2.26. The van der Waals surface area contributed by atoms with Crippen molar-refractivity contribution in [1.29, 1.82) is 0 Å². The molecule has 0 aromatic heterocycles. The largest absolute Gasteiger partial charge is 0.435 e. The summed E-state index contributed by atoms with van der Waals surface area (Å²) >= 11 is 1.38. The van der Waals surface area contributed by atoms with Crippen LogP contribution in [0.1, 0.15) is 15.9 Å². The van der Waals surface area contributed by atoms with E-state index in [9.17, 15) is 23.7 Å². The highest BCUT2D eigenvalue weighted by molar-refractivity contribution is 7.98. The summed E-state index contributed by atoms with van der Waals surface area (Å²) in [6.45, 7) is -2.64. The van der Waals surface area contributed by atoms with E-state index in [0.29, 0.717) is 6.42 Å². The van der Waals surface area contributed by atoms with Crippen molar-refractivity contribution in [3.63, 3.8) is 0 Å². The van der Waals surface area contributed by atoms with Crippen molar-refractivity contribution in [3.05, 3.63) is 63.7 Å². The molecule has 1 N–H and O–H groups in total. The van der Waals surface area contributed by atoms with Crippen LogP contribution >= 0.6 is 11.8 Å². The molecule has 0 atom stereocenters. The second-order valence-electron chi connectivity index (χ2n) is 5.17. The van der Waals surface area contributed by atoms with Gasteiger partial charge in [0.05, 0.1) is 4.92 Å². The van der Waals surface area contributed by atoms with Gasteiger partial charge in [0.15, 0.2) is 0 Å². The number of rotatable bonds is 8. The van der Waals surface area contributed by atoms with E-state index in [2.05, 4.69) is 10.1 Å². The Morgan fingerprint density at radius 2 is 1.96 bits per heavy atom. The Hall–Kier alpha value is -2.68. The zero-order chi connectivity index (χ0) is 19.1. The summed E-state index contributed by atoms with van der Waals surface area (Å²) in [5.74, 6) is -0.484. The lowest BCUT2D eigenvalue weighted by molar-refractivity contribution is -0.385. The standard InChI is InChI=1S/C17H16F2N2O4S/c1-26-13-6-7-15(21(23)24)14(10-13)16(22)20-9-8-11-2-4-12(5-3-11)25-17(18)19/h2-7,10,17H,8-9H2,1H3,(H,20,22). The molecule has 9 heteroatoms. The maximum atomic E-state index is 12.3. The van der Waals surface area contributed by atoms with Gasteiger partial charge >= 0.3 is 6.61 Å². The molecule has 0 unspecified atom stereocenters. The summed E-state index contributed by atoms with van der Waals surface area (Å²) < 4.78 is 28.5. The van der Waals surface area contributed by atoms with Crippen molar-refractivity contribution < 1.29 is 23.2 Å². The van der Waals surface area contributed by atoms with Gasteiger partial charge in [-0.1, -0.05) is 12.1 Å². The first kappa shape index (κ1) is 19.6. The number of halogens is 2. The van der Waals surface area contributed by atoms with Gasteiger partial charge in [-0.15, -0.1) is 11.8 Å². The topological polar surface area (TPSA) is 81.5 Å². The zero-order valence-corrected chi connectivity index (χ0v) is 14.6. The summed E-state index contributed by atoms with van der Waals surface area (Å²) in [6, 6.07) is 10.4. The van der Waals surface area contributed by atoms with Gasteiger partial charge in [-0.05, 0) is 42.5 Å². The molecule has 2 aromatic carbocycles.